The zero-order chi connectivity index (χ0) is 14.3. The molecule has 1 heteroatoms. The summed E-state index contributed by atoms with van der Waals surface area (Å²) in [7, 11) is 0. The van der Waals surface area contributed by atoms with E-state index in [1.54, 1.807) is 0 Å². The van der Waals surface area contributed by atoms with Crippen LogP contribution in [-0.4, -0.2) is 6.04 Å². The van der Waals surface area contributed by atoms with Gasteiger partial charge in [-0.1, -0.05) is 65.3 Å². The third-order valence-corrected chi connectivity index (χ3v) is 4.12. The van der Waals surface area contributed by atoms with E-state index in [1.165, 1.54) is 30.4 Å². The first-order chi connectivity index (χ1) is 9.06. The zero-order valence-electron chi connectivity index (χ0n) is 13.4. The van der Waals surface area contributed by atoms with E-state index < -0.39 is 0 Å². The van der Waals surface area contributed by atoms with Crippen LogP contribution in [0.3, 0.4) is 0 Å². The van der Waals surface area contributed by atoms with Crippen molar-refractivity contribution in [2.45, 2.75) is 72.4 Å². The van der Waals surface area contributed by atoms with Crippen molar-refractivity contribution in [2.24, 2.45) is 5.92 Å². The molecule has 0 saturated heterocycles. The van der Waals surface area contributed by atoms with Gasteiger partial charge in [0, 0.05) is 12.6 Å². The molecule has 2 atom stereocenters. The average molecular weight is 261 g/mol. The van der Waals surface area contributed by atoms with Crippen LogP contribution in [0.2, 0.25) is 0 Å². The maximum Gasteiger partial charge on any atom is 0.0208 e. The van der Waals surface area contributed by atoms with Crippen LogP contribution in [0, 0.1) is 5.92 Å². The number of hydrogen-bond donors (Lipinski definition) is 1. The second-order valence-electron chi connectivity index (χ2n) is 6.13. The Morgan fingerprint density at radius 2 is 1.58 bits per heavy atom. The Morgan fingerprint density at radius 1 is 0.947 bits per heavy atom. The maximum absolute atomic E-state index is 3.70. The summed E-state index contributed by atoms with van der Waals surface area (Å²) >= 11 is 0. The third-order valence-electron chi connectivity index (χ3n) is 4.12. The molecule has 0 amide bonds. The highest BCUT2D eigenvalue weighted by atomic mass is 14.9. The fraction of sp³-hybridized carbons (Fsp3) is 0.667. The van der Waals surface area contributed by atoms with Crippen molar-refractivity contribution in [3.8, 4) is 0 Å². The first-order valence-electron chi connectivity index (χ1n) is 7.89. The fourth-order valence-electron chi connectivity index (χ4n) is 2.33. The van der Waals surface area contributed by atoms with Crippen LogP contribution < -0.4 is 5.32 Å². The van der Waals surface area contributed by atoms with Gasteiger partial charge < -0.3 is 5.32 Å². The van der Waals surface area contributed by atoms with Crippen LogP contribution in [0.1, 0.15) is 70.9 Å². The summed E-state index contributed by atoms with van der Waals surface area (Å²) < 4.78 is 0. The summed E-state index contributed by atoms with van der Waals surface area (Å²) in [6, 6.07) is 9.70. The summed E-state index contributed by atoms with van der Waals surface area (Å²) in [6.45, 7) is 12.4. The minimum Gasteiger partial charge on any atom is -0.310 e. The number of nitrogens with one attached hydrogen (secondary N) is 1. The molecule has 1 nitrogen and oxygen atoms in total. The fourth-order valence-corrected chi connectivity index (χ4v) is 2.33. The van der Waals surface area contributed by atoms with Crippen LogP contribution in [0.15, 0.2) is 24.3 Å². The number of rotatable bonds is 8. The topological polar surface area (TPSA) is 12.0 Å². The molecule has 108 valence electrons. The standard InChI is InChI=1S/C18H31N/c1-6-15(5)12-18(7-2)19-13-16-8-10-17(11-9-16)14(3)4/h8-11,14-15,18-19H,6-7,12-13H2,1-5H3. The van der Waals surface area contributed by atoms with Crippen molar-refractivity contribution in [1.82, 2.24) is 5.32 Å². The minimum absolute atomic E-state index is 0.621. The molecule has 1 rings (SSSR count). The SMILES string of the molecule is CCC(C)CC(CC)NCc1ccc(C(C)C)cc1. The molecule has 0 heterocycles. The molecule has 0 aliphatic carbocycles. The smallest absolute Gasteiger partial charge is 0.0208 e. The molecule has 1 aromatic carbocycles. The van der Waals surface area contributed by atoms with Gasteiger partial charge in [-0.3, -0.25) is 0 Å². The summed E-state index contributed by atoms with van der Waals surface area (Å²) in [5.74, 6) is 1.44. The largest absolute Gasteiger partial charge is 0.310 e. The summed E-state index contributed by atoms with van der Waals surface area (Å²) in [4.78, 5) is 0. The van der Waals surface area contributed by atoms with E-state index in [2.05, 4.69) is 64.2 Å². The van der Waals surface area contributed by atoms with Gasteiger partial charge in [-0.25, -0.2) is 0 Å². The molecule has 0 radical (unpaired) electrons. The highest BCUT2D eigenvalue weighted by Gasteiger charge is 2.09. The molecular formula is C18H31N. The summed E-state index contributed by atoms with van der Waals surface area (Å²) in [5, 5.41) is 3.70. The van der Waals surface area contributed by atoms with Gasteiger partial charge in [0.2, 0.25) is 0 Å². The number of hydrogen-bond acceptors (Lipinski definition) is 1. The molecule has 0 spiro atoms. The van der Waals surface area contributed by atoms with E-state index in [4.69, 9.17) is 0 Å². The molecule has 0 bridgehead atoms. The van der Waals surface area contributed by atoms with Gasteiger partial charge in [0.15, 0.2) is 0 Å². The summed E-state index contributed by atoms with van der Waals surface area (Å²) in [6.07, 6.45) is 3.78. The van der Waals surface area contributed by atoms with Crippen LogP contribution in [0.25, 0.3) is 0 Å². The molecule has 0 aliphatic rings. The monoisotopic (exact) mass is 261 g/mol. The van der Waals surface area contributed by atoms with Gasteiger partial charge in [0.25, 0.3) is 0 Å². The van der Waals surface area contributed by atoms with E-state index in [0.29, 0.717) is 12.0 Å². The second kappa shape index (κ2) is 8.37. The highest BCUT2D eigenvalue weighted by Crippen LogP contribution is 2.16. The van der Waals surface area contributed by atoms with Crippen molar-refractivity contribution in [3.05, 3.63) is 35.4 Å². The Hall–Kier alpha value is -0.820. The van der Waals surface area contributed by atoms with Crippen LogP contribution in [0.5, 0.6) is 0 Å². The van der Waals surface area contributed by atoms with Crippen molar-refractivity contribution in [3.63, 3.8) is 0 Å². The van der Waals surface area contributed by atoms with Crippen LogP contribution >= 0.6 is 0 Å². The number of benzene rings is 1. The van der Waals surface area contributed by atoms with Gasteiger partial charge >= 0.3 is 0 Å². The van der Waals surface area contributed by atoms with E-state index in [9.17, 15) is 0 Å². The molecule has 1 aromatic rings. The zero-order valence-corrected chi connectivity index (χ0v) is 13.4. The summed E-state index contributed by atoms with van der Waals surface area (Å²) in [5.41, 5.74) is 2.82. The molecule has 0 aliphatic heterocycles. The second-order valence-corrected chi connectivity index (χ2v) is 6.13. The van der Waals surface area contributed by atoms with Crippen molar-refractivity contribution in [2.75, 3.05) is 0 Å². The molecule has 2 unspecified atom stereocenters. The van der Waals surface area contributed by atoms with E-state index in [0.717, 1.165) is 12.5 Å². The third kappa shape index (κ3) is 5.78. The van der Waals surface area contributed by atoms with E-state index in [1.807, 2.05) is 0 Å². The predicted octanol–water partition coefficient (Wildman–Crippen LogP) is 5.11. The molecule has 0 aromatic heterocycles. The van der Waals surface area contributed by atoms with E-state index in [-0.39, 0.29) is 0 Å². The van der Waals surface area contributed by atoms with Crippen molar-refractivity contribution in [1.29, 1.82) is 0 Å². The van der Waals surface area contributed by atoms with Crippen molar-refractivity contribution < 1.29 is 0 Å². The quantitative estimate of drug-likeness (QED) is 0.685. The Bertz CT molecular complexity index is 339. The lowest BCUT2D eigenvalue weighted by molar-refractivity contribution is 0.384. The van der Waals surface area contributed by atoms with Gasteiger partial charge in [0.1, 0.15) is 0 Å². The van der Waals surface area contributed by atoms with Gasteiger partial charge in [-0.2, -0.15) is 0 Å². The van der Waals surface area contributed by atoms with Crippen LogP contribution in [-0.2, 0) is 6.54 Å². The maximum atomic E-state index is 3.70. The minimum atomic E-state index is 0.621. The van der Waals surface area contributed by atoms with Gasteiger partial charge in [0.05, 0.1) is 0 Å². The lowest BCUT2D eigenvalue weighted by Gasteiger charge is -2.20. The molecule has 0 saturated carbocycles. The average Bonchev–Trinajstić information content (AvgIpc) is 2.43. The lowest BCUT2D eigenvalue weighted by Crippen LogP contribution is -2.29. The van der Waals surface area contributed by atoms with E-state index >= 15 is 0 Å². The Kier molecular flexibility index (Phi) is 7.15. The predicted molar refractivity (Wildman–Crippen MR) is 85.5 cm³/mol. The first kappa shape index (κ1) is 16.2. The van der Waals surface area contributed by atoms with Gasteiger partial charge in [-0.15, -0.1) is 0 Å². The Balaban J connectivity index is 2.45. The molecule has 0 fully saturated rings. The molecule has 1 N–H and O–H groups in total. The van der Waals surface area contributed by atoms with Crippen molar-refractivity contribution >= 4 is 0 Å². The molecule has 19 heavy (non-hydrogen) atoms. The van der Waals surface area contributed by atoms with Crippen LogP contribution in [0.4, 0.5) is 0 Å². The lowest BCUT2D eigenvalue weighted by atomic mass is 9.97. The normalized spacial score (nSPS) is 14.6. The Morgan fingerprint density at radius 3 is 2.05 bits per heavy atom. The van der Waals surface area contributed by atoms with Gasteiger partial charge in [-0.05, 0) is 35.8 Å². The Labute approximate surface area is 119 Å². The first-order valence-corrected chi connectivity index (χ1v) is 7.89. The molecular weight excluding hydrogens is 230 g/mol. The highest BCUT2D eigenvalue weighted by molar-refractivity contribution is 5.24.